The van der Waals surface area contributed by atoms with E-state index in [4.69, 9.17) is 25.6 Å². The lowest BCUT2D eigenvalue weighted by Gasteiger charge is -2.30. The van der Waals surface area contributed by atoms with Gasteiger partial charge >= 0.3 is 0 Å². The average Bonchev–Trinajstić information content (AvgIpc) is 3.28. The van der Waals surface area contributed by atoms with Crippen LogP contribution in [-0.4, -0.2) is 48.3 Å². The van der Waals surface area contributed by atoms with E-state index in [9.17, 15) is 4.79 Å². The second kappa shape index (κ2) is 10.0. The van der Waals surface area contributed by atoms with Crippen molar-refractivity contribution in [3.05, 3.63) is 53.4 Å². The summed E-state index contributed by atoms with van der Waals surface area (Å²) in [5.74, 6) is 2.28. The Morgan fingerprint density at radius 3 is 2.59 bits per heavy atom. The summed E-state index contributed by atoms with van der Waals surface area (Å²) < 4.78 is 16.0. The Balaban J connectivity index is 1.30. The van der Waals surface area contributed by atoms with E-state index in [1.54, 1.807) is 44.6 Å². The van der Waals surface area contributed by atoms with Crippen LogP contribution in [0.3, 0.4) is 0 Å². The molecule has 8 nitrogen and oxygen atoms in total. The molecule has 0 saturated carbocycles. The Labute approximate surface area is 191 Å². The van der Waals surface area contributed by atoms with E-state index < -0.39 is 0 Å². The van der Waals surface area contributed by atoms with Crippen molar-refractivity contribution in [3.63, 3.8) is 0 Å². The molecule has 1 amide bonds. The third-order valence-electron chi connectivity index (χ3n) is 5.55. The molecule has 1 aliphatic heterocycles. The number of ether oxygens (including phenoxy) is 2. The molecule has 1 aromatic heterocycles. The van der Waals surface area contributed by atoms with Gasteiger partial charge in [0.25, 0.3) is 0 Å². The minimum atomic E-state index is -0.0645. The Kier molecular flexibility index (Phi) is 6.92. The number of piperidine rings is 1. The van der Waals surface area contributed by atoms with Crippen LogP contribution in [0.15, 0.2) is 47.0 Å². The van der Waals surface area contributed by atoms with Crippen molar-refractivity contribution in [1.29, 1.82) is 0 Å². The molecule has 3 aromatic rings. The van der Waals surface area contributed by atoms with Crippen LogP contribution in [0, 0.1) is 5.92 Å². The average molecular weight is 457 g/mol. The van der Waals surface area contributed by atoms with Crippen molar-refractivity contribution in [2.75, 3.05) is 32.6 Å². The fraction of sp³-hybridized carbons (Fsp3) is 0.348. The Morgan fingerprint density at radius 2 is 1.91 bits per heavy atom. The molecule has 2 heterocycles. The van der Waals surface area contributed by atoms with E-state index in [-0.39, 0.29) is 11.8 Å². The monoisotopic (exact) mass is 456 g/mol. The molecule has 0 unspecified atom stereocenters. The van der Waals surface area contributed by atoms with Crippen molar-refractivity contribution in [1.82, 2.24) is 15.0 Å². The van der Waals surface area contributed by atoms with Crippen LogP contribution in [0.1, 0.15) is 18.7 Å². The second-order valence-electron chi connectivity index (χ2n) is 7.62. The van der Waals surface area contributed by atoms with E-state index in [2.05, 4.69) is 20.4 Å². The van der Waals surface area contributed by atoms with Crippen molar-refractivity contribution in [3.8, 4) is 22.9 Å². The first-order valence-corrected chi connectivity index (χ1v) is 10.8. The molecule has 9 heteroatoms. The summed E-state index contributed by atoms with van der Waals surface area (Å²) in [5, 5.41) is 7.71. The molecule has 0 aliphatic carbocycles. The quantitative estimate of drug-likeness (QED) is 0.568. The van der Waals surface area contributed by atoms with Gasteiger partial charge in [0.2, 0.25) is 17.6 Å². The van der Waals surface area contributed by atoms with Crippen molar-refractivity contribution in [2.45, 2.75) is 19.4 Å². The molecule has 1 N–H and O–H groups in total. The largest absolute Gasteiger partial charge is 0.497 e. The van der Waals surface area contributed by atoms with Crippen LogP contribution >= 0.6 is 11.6 Å². The van der Waals surface area contributed by atoms with Gasteiger partial charge in [0.05, 0.1) is 26.5 Å². The highest BCUT2D eigenvalue weighted by atomic mass is 35.5. The van der Waals surface area contributed by atoms with Gasteiger partial charge in [0, 0.05) is 22.6 Å². The summed E-state index contributed by atoms with van der Waals surface area (Å²) in [7, 11) is 3.16. The SMILES string of the molecule is COc1ccc(NC(=O)C2CCN(Cc3nc(-c4ccc(Cl)cc4)no3)CC2)c(OC)c1. The first kappa shape index (κ1) is 22.1. The number of carbonyl (C=O) groups excluding carboxylic acids is 1. The molecule has 0 spiro atoms. The Hall–Kier alpha value is -3.10. The first-order valence-electron chi connectivity index (χ1n) is 10.4. The number of halogens is 1. The number of carbonyl (C=O) groups is 1. The number of nitrogens with one attached hydrogen (secondary N) is 1. The summed E-state index contributed by atoms with van der Waals surface area (Å²) in [6.07, 6.45) is 1.50. The van der Waals surface area contributed by atoms with E-state index in [0.29, 0.717) is 40.5 Å². The number of benzene rings is 2. The van der Waals surface area contributed by atoms with Crippen LogP contribution in [0.5, 0.6) is 11.5 Å². The molecule has 0 radical (unpaired) electrons. The van der Waals surface area contributed by atoms with Crippen molar-refractivity contribution >= 4 is 23.2 Å². The maximum atomic E-state index is 12.8. The summed E-state index contributed by atoms with van der Waals surface area (Å²) in [6, 6.07) is 12.6. The predicted molar refractivity (Wildman–Crippen MR) is 121 cm³/mol. The lowest BCUT2D eigenvalue weighted by atomic mass is 9.96. The zero-order valence-corrected chi connectivity index (χ0v) is 18.8. The van der Waals surface area contributed by atoms with Gasteiger partial charge in [-0.05, 0) is 62.3 Å². The molecule has 0 atom stereocenters. The Morgan fingerprint density at radius 1 is 1.16 bits per heavy atom. The van der Waals surface area contributed by atoms with E-state index in [0.717, 1.165) is 31.5 Å². The smallest absolute Gasteiger partial charge is 0.241 e. The number of anilines is 1. The van der Waals surface area contributed by atoms with Crippen LogP contribution in [0.4, 0.5) is 5.69 Å². The number of amides is 1. The molecule has 2 aromatic carbocycles. The van der Waals surface area contributed by atoms with Gasteiger partial charge in [-0.1, -0.05) is 16.8 Å². The molecule has 0 bridgehead atoms. The summed E-state index contributed by atoms with van der Waals surface area (Å²) in [6.45, 7) is 2.11. The fourth-order valence-electron chi connectivity index (χ4n) is 3.72. The van der Waals surface area contributed by atoms with Crippen LogP contribution < -0.4 is 14.8 Å². The number of hydrogen-bond acceptors (Lipinski definition) is 7. The number of hydrogen-bond donors (Lipinski definition) is 1. The van der Waals surface area contributed by atoms with Crippen LogP contribution in [0.25, 0.3) is 11.4 Å². The van der Waals surface area contributed by atoms with Gasteiger partial charge in [0.1, 0.15) is 11.5 Å². The molecule has 4 rings (SSSR count). The van der Waals surface area contributed by atoms with Gasteiger partial charge in [-0.25, -0.2) is 0 Å². The highest BCUT2D eigenvalue weighted by Gasteiger charge is 2.26. The number of methoxy groups -OCH3 is 2. The highest BCUT2D eigenvalue weighted by Crippen LogP contribution is 2.30. The molecule has 32 heavy (non-hydrogen) atoms. The lowest BCUT2D eigenvalue weighted by molar-refractivity contribution is -0.121. The second-order valence-corrected chi connectivity index (χ2v) is 8.06. The topological polar surface area (TPSA) is 89.7 Å². The zero-order valence-electron chi connectivity index (χ0n) is 18.0. The number of nitrogens with zero attached hydrogens (tertiary/aromatic N) is 3. The highest BCUT2D eigenvalue weighted by molar-refractivity contribution is 6.30. The van der Waals surface area contributed by atoms with Crippen molar-refractivity contribution < 1.29 is 18.8 Å². The summed E-state index contributed by atoms with van der Waals surface area (Å²) in [5.41, 5.74) is 1.50. The summed E-state index contributed by atoms with van der Waals surface area (Å²) in [4.78, 5) is 19.5. The van der Waals surface area contributed by atoms with Gasteiger partial charge in [-0.2, -0.15) is 4.98 Å². The molecular formula is C23H25ClN4O4. The summed E-state index contributed by atoms with van der Waals surface area (Å²) >= 11 is 5.93. The molecule has 1 saturated heterocycles. The normalized spacial score (nSPS) is 14.8. The standard InChI is InChI=1S/C23H25ClN4O4/c1-30-18-7-8-19(20(13-18)31-2)25-23(29)16-9-11-28(12-10-16)14-21-26-22(27-32-21)15-3-5-17(24)6-4-15/h3-8,13,16H,9-12,14H2,1-2H3,(H,25,29). The Bertz CT molecular complexity index is 1060. The fourth-order valence-corrected chi connectivity index (χ4v) is 3.84. The maximum Gasteiger partial charge on any atom is 0.241 e. The maximum absolute atomic E-state index is 12.8. The van der Waals surface area contributed by atoms with Crippen LogP contribution in [-0.2, 0) is 11.3 Å². The lowest BCUT2D eigenvalue weighted by Crippen LogP contribution is -2.37. The number of rotatable bonds is 7. The van der Waals surface area contributed by atoms with Gasteiger partial charge in [-0.15, -0.1) is 0 Å². The van der Waals surface area contributed by atoms with Crippen molar-refractivity contribution in [2.24, 2.45) is 5.92 Å². The predicted octanol–water partition coefficient (Wildman–Crippen LogP) is 4.26. The first-order chi connectivity index (χ1) is 15.6. The zero-order chi connectivity index (χ0) is 22.5. The van der Waals surface area contributed by atoms with Gasteiger partial charge < -0.3 is 19.3 Å². The minimum Gasteiger partial charge on any atom is -0.497 e. The van der Waals surface area contributed by atoms with Gasteiger partial charge in [0.15, 0.2) is 0 Å². The van der Waals surface area contributed by atoms with E-state index >= 15 is 0 Å². The third-order valence-corrected chi connectivity index (χ3v) is 5.81. The molecule has 1 fully saturated rings. The number of aromatic nitrogens is 2. The molecular weight excluding hydrogens is 432 g/mol. The van der Waals surface area contributed by atoms with Gasteiger partial charge in [-0.3, -0.25) is 9.69 Å². The van der Waals surface area contributed by atoms with Crippen LogP contribution in [0.2, 0.25) is 5.02 Å². The minimum absolute atomic E-state index is 0.00377. The van der Waals surface area contributed by atoms with E-state index in [1.807, 2.05) is 12.1 Å². The number of likely N-dealkylation sites (tertiary alicyclic amines) is 1. The molecule has 168 valence electrons. The molecule has 1 aliphatic rings. The van der Waals surface area contributed by atoms with E-state index in [1.165, 1.54) is 0 Å². The third kappa shape index (κ3) is 5.20.